The van der Waals surface area contributed by atoms with Gasteiger partial charge in [-0.25, -0.2) is 4.79 Å². The van der Waals surface area contributed by atoms with Gasteiger partial charge in [0.05, 0.1) is 12.1 Å². The first-order valence-corrected chi connectivity index (χ1v) is 14.0. The van der Waals surface area contributed by atoms with Crippen LogP contribution in [-0.4, -0.2) is 50.3 Å². The summed E-state index contributed by atoms with van der Waals surface area (Å²) in [5.41, 5.74) is 6.22. The second-order valence-corrected chi connectivity index (χ2v) is 11.0. The van der Waals surface area contributed by atoms with Crippen molar-refractivity contribution in [1.29, 1.82) is 0 Å². The van der Waals surface area contributed by atoms with Crippen LogP contribution >= 0.6 is 0 Å². The van der Waals surface area contributed by atoms with E-state index >= 15 is 0 Å². The van der Waals surface area contributed by atoms with Gasteiger partial charge in [-0.05, 0) is 48.9 Å². The van der Waals surface area contributed by atoms with Crippen molar-refractivity contribution >= 4 is 6.03 Å². The lowest BCUT2D eigenvalue weighted by molar-refractivity contribution is -0.0408. The highest BCUT2D eigenvalue weighted by molar-refractivity contribution is 5.76. The van der Waals surface area contributed by atoms with Crippen LogP contribution < -0.4 is 0 Å². The first kappa shape index (κ1) is 27.6. The maximum Gasteiger partial charge on any atom is 0.321 e. The average Bonchev–Trinajstić information content (AvgIpc) is 3.02. The molecule has 0 spiro atoms. The summed E-state index contributed by atoms with van der Waals surface area (Å²) in [5, 5.41) is 23.6. The van der Waals surface area contributed by atoms with Crippen molar-refractivity contribution in [3.8, 4) is 0 Å². The molecular formula is C35H38N2O3. The van der Waals surface area contributed by atoms with Gasteiger partial charge in [0.15, 0.2) is 0 Å². The second kappa shape index (κ2) is 12.5. The fourth-order valence-corrected chi connectivity index (χ4v) is 5.83. The molecule has 2 amide bonds. The molecule has 4 aromatic rings. The predicted molar refractivity (Wildman–Crippen MR) is 159 cm³/mol. The number of aryl methyl sites for hydroxylation is 2. The Kier molecular flexibility index (Phi) is 8.63. The zero-order valence-corrected chi connectivity index (χ0v) is 23.2. The van der Waals surface area contributed by atoms with Crippen LogP contribution in [0.3, 0.4) is 0 Å². The minimum absolute atomic E-state index is 0.180. The summed E-state index contributed by atoms with van der Waals surface area (Å²) in [6.07, 6.45) is -1.39. The third-order valence-electron chi connectivity index (χ3n) is 7.88. The highest BCUT2D eigenvalue weighted by atomic mass is 16.3. The molecule has 206 valence electrons. The van der Waals surface area contributed by atoms with E-state index in [-0.39, 0.29) is 6.03 Å². The highest BCUT2D eigenvalue weighted by Gasteiger charge is 2.46. The first-order chi connectivity index (χ1) is 19.4. The van der Waals surface area contributed by atoms with Crippen molar-refractivity contribution in [3.05, 3.63) is 143 Å². The van der Waals surface area contributed by atoms with Crippen molar-refractivity contribution < 1.29 is 15.0 Å². The van der Waals surface area contributed by atoms with Gasteiger partial charge < -0.3 is 20.0 Å². The Morgan fingerprint density at radius 1 is 0.550 bits per heavy atom. The number of hydrogen-bond acceptors (Lipinski definition) is 3. The number of hydrogen-bond donors (Lipinski definition) is 2. The number of nitrogens with zero attached hydrogens (tertiary/aromatic N) is 2. The van der Waals surface area contributed by atoms with E-state index in [1.54, 1.807) is 9.80 Å². The normalized spacial score (nSPS) is 21.4. The molecule has 4 atom stereocenters. The molecule has 2 N–H and O–H groups in total. The topological polar surface area (TPSA) is 64.0 Å². The number of aliphatic hydroxyl groups is 2. The number of carbonyl (C=O) groups excluding carboxylic acids is 1. The highest BCUT2D eigenvalue weighted by Crippen LogP contribution is 2.30. The number of carbonyl (C=O) groups is 1. The molecule has 0 radical (unpaired) electrons. The lowest BCUT2D eigenvalue weighted by Crippen LogP contribution is -2.50. The van der Waals surface area contributed by atoms with Crippen LogP contribution in [0.4, 0.5) is 4.79 Å². The summed E-state index contributed by atoms with van der Waals surface area (Å²) in [5.74, 6) is 0. The molecule has 0 aromatic heterocycles. The fraction of sp³-hybridized carbons (Fsp3) is 0.286. The molecule has 0 saturated carbocycles. The maximum absolute atomic E-state index is 14.6. The number of benzene rings is 4. The molecule has 0 aliphatic carbocycles. The van der Waals surface area contributed by atoms with E-state index in [9.17, 15) is 15.0 Å². The molecule has 4 unspecified atom stereocenters. The zero-order chi connectivity index (χ0) is 28.1. The summed E-state index contributed by atoms with van der Waals surface area (Å²) in [7, 11) is 0. The van der Waals surface area contributed by atoms with Gasteiger partial charge in [0.25, 0.3) is 0 Å². The third-order valence-corrected chi connectivity index (χ3v) is 7.88. The molecule has 5 rings (SSSR count). The zero-order valence-electron chi connectivity index (χ0n) is 23.2. The quantitative estimate of drug-likeness (QED) is 0.306. The summed E-state index contributed by atoms with van der Waals surface area (Å²) in [6.45, 7) is 4.75. The van der Waals surface area contributed by atoms with Gasteiger partial charge in [-0.2, -0.15) is 0 Å². The minimum Gasteiger partial charge on any atom is -0.388 e. The van der Waals surface area contributed by atoms with E-state index < -0.39 is 24.3 Å². The van der Waals surface area contributed by atoms with E-state index in [1.165, 1.54) is 0 Å². The Morgan fingerprint density at radius 2 is 0.925 bits per heavy atom. The summed E-state index contributed by atoms with van der Waals surface area (Å²) >= 11 is 0. The van der Waals surface area contributed by atoms with Gasteiger partial charge in [0.1, 0.15) is 12.2 Å². The second-order valence-electron chi connectivity index (χ2n) is 11.0. The molecule has 0 bridgehead atoms. The molecule has 1 aliphatic heterocycles. The van der Waals surface area contributed by atoms with Crippen LogP contribution in [0.25, 0.3) is 0 Å². The van der Waals surface area contributed by atoms with Crippen LogP contribution in [0.15, 0.2) is 109 Å². The minimum atomic E-state index is -1.13. The summed E-state index contributed by atoms with van der Waals surface area (Å²) in [6, 6.07) is 34.6. The van der Waals surface area contributed by atoms with E-state index in [0.717, 1.165) is 33.4 Å². The first-order valence-electron chi connectivity index (χ1n) is 14.0. The van der Waals surface area contributed by atoms with Crippen molar-refractivity contribution in [1.82, 2.24) is 9.80 Å². The van der Waals surface area contributed by atoms with Gasteiger partial charge in [0, 0.05) is 13.1 Å². The van der Waals surface area contributed by atoms with Crippen LogP contribution in [0.2, 0.25) is 0 Å². The SMILES string of the molecule is Cc1cccc(CN2C(=O)N(Cc3cccc(C)c3)C(Cc3ccccc3)C(O)C(O)C2Cc2ccccc2)c1. The van der Waals surface area contributed by atoms with Gasteiger partial charge in [-0.3, -0.25) is 0 Å². The molecule has 1 fully saturated rings. The Hall–Kier alpha value is -3.93. The molecule has 1 aliphatic rings. The van der Waals surface area contributed by atoms with Gasteiger partial charge in [0.2, 0.25) is 0 Å². The number of urea groups is 1. The Morgan fingerprint density at radius 3 is 1.30 bits per heavy atom. The van der Waals surface area contributed by atoms with E-state index in [0.29, 0.717) is 25.9 Å². The van der Waals surface area contributed by atoms with E-state index in [2.05, 4.69) is 12.1 Å². The molecule has 40 heavy (non-hydrogen) atoms. The Balaban J connectivity index is 1.59. The van der Waals surface area contributed by atoms with Crippen LogP contribution in [0.5, 0.6) is 0 Å². The summed E-state index contributed by atoms with van der Waals surface area (Å²) < 4.78 is 0. The smallest absolute Gasteiger partial charge is 0.321 e. The van der Waals surface area contributed by atoms with Gasteiger partial charge in [-0.15, -0.1) is 0 Å². The molecule has 4 aromatic carbocycles. The monoisotopic (exact) mass is 534 g/mol. The Bertz CT molecular complexity index is 1300. The third kappa shape index (κ3) is 6.44. The summed E-state index contributed by atoms with van der Waals surface area (Å²) in [4.78, 5) is 18.2. The van der Waals surface area contributed by atoms with E-state index in [1.807, 2.05) is 111 Å². The van der Waals surface area contributed by atoms with Crippen LogP contribution in [0, 0.1) is 13.8 Å². The predicted octanol–water partition coefficient (Wildman–Crippen LogP) is 5.69. The molecule has 5 nitrogen and oxygen atoms in total. The average molecular weight is 535 g/mol. The largest absolute Gasteiger partial charge is 0.388 e. The van der Waals surface area contributed by atoms with Crippen molar-refractivity contribution in [2.24, 2.45) is 0 Å². The van der Waals surface area contributed by atoms with Crippen molar-refractivity contribution in [2.45, 2.75) is 64.1 Å². The fourth-order valence-electron chi connectivity index (χ4n) is 5.83. The molecular weight excluding hydrogens is 496 g/mol. The van der Waals surface area contributed by atoms with E-state index in [4.69, 9.17) is 0 Å². The maximum atomic E-state index is 14.6. The van der Waals surface area contributed by atoms with Gasteiger partial charge >= 0.3 is 6.03 Å². The molecule has 1 heterocycles. The molecule has 1 saturated heterocycles. The van der Waals surface area contributed by atoms with Crippen LogP contribution in [0.1, 0.15) is 33.4 Å². The number of aliphatic hydroxyl groups excluding tert-OH is 2. The lowest BCUT2D eigenvalue weighted by Gasteiger charge is -2.36. The Labute approximate surface area is 237 Å². The number of amides is 2. The van der Waals surface area contributed by atoms with Gasteiger partial charge in [-0.1, -0.05) is 120 Å². The van der Waals surface area contributed by atoms with Crippen molar-refractivity contribution in [3.63, 3.8) is 0 Å². The lowest BCUT2D eigenvalue weighted by atomic mass is 9.91. The van der Waals surface area contributed by atoms with Crippen molar-refractivity contribution in [2.75, 3.05) is 0 Å². The molecule has 5 heteroatoms. The standard InChI is InChI=1S/C35H38N2O3/c1-25-11-9-17-29(19-25)23-36-31(21-27-13-5-3-6-14-27)33(38)34(39)32(22-28-15-7-4-8-16-28)37(35(36)40)24-30-18-10-12-26(2)20-30/h3-20,31-34,38-39H,21-24H2,1-2H3. The number of rotatable bonds is 8. The van der Waals surface area contributed by atoms with Crippen LogP contribution in [-0.2, 0) is 25.9 Å².